The first-order valence-electron chi connectivity index (χ1n) is 16.6. The van der Waals surface area contributed by atoms with E-state index in [1.807, 2.05) is 41.2 Å². The van der Waals surface area contributed by atoms with Crippen molar-refractivity contribution in [3.05, 3.63) is 132 Å². The maximum Gasteiger partial charge on any atom is 2.00 e. The van der Waals surface area contributed by atoms with E-state index in [2.05, 4.69) is 119 Å². The quantitative estimate of drug-likeness (QED) is 0.136. The fourth-order valence-electron chi connectivity index (χ4n) is 6.44. The molecule has 48 heavy (non-hydrogen) atoms. The average Bonchev–Trinajstić information content (AvgIpc) is 3.64. The second kappa shape index (κ2) is 13.6. The van der Waals surface area contributed by atoms with Gasteiger partial charge in [0.1, 0.15) is 5.82 Å². The minimum Gasteiger partial charge on any atom is -0.509 e. The number of pyridine rings is 1. The van der Waals surface area contributed by atoms with Crippen LogP contribution >= 0.6 is 0 Å². The number of hydrogen-bond acceptors (Lipinski definition) is 3. The van der Waals surface area contributed by atoms with Gasteiger partial charge in [0.2, 0.25) is 0 Å². The van der Waals surface area contributed by atoms with Crippen LogP contribution in [0.15, 0.2) is 97.2 Å². The third kappa shape index (κ3) is 6.01. The monoisotopic (exact) mass is 811 g/mol. The zero-order chi connectivity index (χ0) is 32.7. The summed E-state index contributed by atoms with van der Waals surface area (Å²) in [5.41, 5.74) is 10.1. The Kier molecular flexibility index (Phi) is 9.45. The number of hydrogen-bond donors (Lipinski definition) is 0. The standard InChI is InChI=1S/C42H40N4O.Pt/c1-7-36-41(29-14-11-10-12-15-29)37(8-2)46(44-36)31-16-13-17-32(26-31)47-33-19-20-34-35-25-30(42(5,6)9-3)18-21-38(35)45(39(34)27-33)40-24-28(4)22-23-43-40;/h10-25H,7-9H2,1-6H3;/q-2;+2. The van der Waals surface area contributed by atoms with E-state index < -0.39 is 0 Å². The van der Waals surface area contributed by atoms with Gasteiger partial charge >= 0.3 is 21.1 Å². The Balaban J connectivity index is 0.00000401. The first kappa shape index (κ1) is 33.4. The molecule has 5 nitrogen and oxygen atoms in total. The molecule has 0 bridgehead atoms. The van der Waals surface area contributed by atoms with Crippen molar-refractivity contribution in [2.45, 2.75) is 66.2 Å². The van der Waals surface area contributed by atoms with Crippen molar-refractivity contribution in [3.63, 3.8) is 0 Å². The molecule has 0 atom stereocenters. The normalized spacial score (nSPS) is 11.6. The molecule has 0 fully saturated rings. The van der Waals surface area contributed by atoms with Crippen LogP contribution in [0.2, 0.25) is 0 Å². The van der Waals surface area contributed by atoms with Gasteiger partial charge in [-0.1, -0.05) is 82.6 Å². The summed E-state index contributed by atoms with van der Waals surface area (Å²) < 4.78 is 10.7. The van der Waals surface area contributed by atoms with E-state index >= 15 is 0 Å². The van der Waals surface area contributed by atoms with Crippen molar-refractivity contribution in [1.82, 2.24) is 19.3 Å². The molecular formula is C42H40N4OPt. The molecule has 0 radical (unpaired) electrons. The molecule has 0 N–H and O–H groups in total. The number of fused-ring (bicyclic) bond motifs is 3. The van der Waals surface area contributed by atoms with Crippen molar-refractivity contribution < 1.29 is 25.8 Å². The van der Waals surface area contributed by atoms with Gasteiger partial charge < -0.3 is 9.30 Å². The molecule has 0 unspecified atom stereocenters. The molecule has 0 aliphatic rings. The molecular weight excluding hydrogens is 772 g/mol. The number of ether oxygens (including phenoxy) is 1. The molecule has 7 rings (SSSR count). The molecule has 0 saturated carbocycles. The van der Waals surface area contributed by atoms with Crippen LogP contribution in [0.5, 0.6) is 11.5 Å². The molecule has 0 saturated heterocycles. The molecule has 3 heterocycles. The Morgan fingerprint density at radius 3 is 2.31 bits per heavy atom. The molecule has 0 aliphatic carbocycles. The number of aromatic nitrogens is 4. The number of rotatable bonds is 9. The minimum atomic E-state index is 0. The molecule has 0 spiro atoms. The van der Waals surface area contributed by atoms with Crippen LogP contribution in [-0.2, 0) is 39.3 Å². The van der Waals surface area contributed by atoms with E-state index in [1.54, 1.807) is 0 Å². The van der Waals surface area contributed by atoms with E-state index in [9.17, 15) is 0 Å². The first-order chi connectivity index (χ1) is 22.8. The largest absolute Gasteiger partial charge is 2.00 e. The van der Waals surface area contributed by atoms with Crippen molar-refractivity contribution in [2.24, 2.45) is 0 Å². The summed E-state index contributed by atoms with van der Waals surface area (Å²) >= 11 is 0. The van der Waals surface area contributed by atoms with Crippen LogP contribution < -0.4 is 4.74 Å². The predicted molar refractivity (Wildman–Crippen MR) is 192 cm³/mol. The van der Waals surface area contributed by atoms with Gasteiger partial charge in [-0.25, -0.2) is 4.98 Å². The Morgan fingerprint density at radius 2 is 1.58 bits per heavy atom. The Morgan fingerprint density at radius 1 is 0.792 bits per heavy atom. The number of nitrogens with zero attached hydrogens (tertiary/aromatic N) is 4. The number of benzene rings is 4. The summed E-state index contributed by atoms with van der Waals surface area (Å²) in [7, 11) is 0. The van der Waals surface area contributed by atoms with Crippen LogP contribution in [0.3, 0.4) is 0 Å². The third-order valence-corrected chi connectivity index (χ3v) is 9.43. The van der Waals surface area contributed by atoms with E-state index in [-0.39, 0.29) is 26.5 Å². The van der Waals surface area contributed by atoms with Crippen molar-refractivity contribution in [1.29, 1.82) is 0 Å². The third-order valence-electron chi connectivity index (χ3n) is 9.43. The molecule has 3 aromatic heterocycles. The second-order valence-electron chi connectivity index (χ2n) is 12.8. The fraction of sp³-hybridized carbons (Fsp3) is 0.238. The van der Waals surface area contributed by atoms with Crippen LogP contribution in [0.1, 0.15) is 63.6 Å². The van der Waals surface area contributed by atoms with Crippen molar-refractivity contribution in [3.8, 4) is 34.1 Å². The van der Waals surface area contributed by atoms with Gasteiger partial charge in [-0.3, -0.25) is 4.68 Å². The molecule has 0 aliphatic heterocycles. The van der Waals surface area contributed by atoms with Gasteiger partial charge in [0.05, 0.1) is 5.69 Å². The molecule has 244 valence electrons. The molecule has 0 amide bonds. The van der Waals surface area contributed by atoms with Gasteiger partial charge in [0.15, 0.2) is 0 Å². The van der Waals surface area contributed by atoms with Crippen LogP contribution in [0.4, 0.5) is 0 Å². The van der Waals surface area contributed by atoms with E-state index in [1.165, 1.54) is 22.1 Å². The smallest absolute Gasteiger partial charge is 0.509 e. The fourth-order valence-corrected chi connectivity index (χ4v) is 6.44. The summed E-state index contributed by atoms with van der Waals surface area (Å²) in [4.78, 5) is 4.77. The van der Waals surface area contributed by atoms with Crippen LogP contribution in [-0.4, -0.2) is 19.3 Å². The predicted octanol–water partition coefficient (Wildman–Crippen LogP) is 10.5. The van der Waals surface area contributed by atoms with Gasteiger partial charge in [0, 0.05) is 34.5 Å². The zero-order valence-corrected chi connectivity index (χ0v) is 30.6. The maximum atomic E-state index is 6.49. The van der Waals surface area contributed by atoms with Crippen molar-refractivity contribution in [2.75, 3.05) is 0 Å². The van der Waals surface area contributed by atoms with Gasteiger partial charge in [-0.05, 0) is 77.6 Å². The summed E-state index contributed by atoms with van der Waals surface area (Å²) in [6, 6.07) is 38.7. The van der Waals surface area contributed by atoms with E-state index in [0.717, 1.165) is 64.1 Å². The topological polar surface area (TPSA) is 44.9 Å². The SMILES string of the molecule is CCc1nn(-c2[c-]c(Oc3[c-]c4c(cc3)c3cc(C(C)(C)CC)ccc3n4-c3cc(C)ccn3)ccc2)c(CC)c1-c1ccccc1.[Pt+2]. The van der Waals surface area contributed by atoms with Crippen LogP contribution in [0, 0.1) is 19.1 Å². The molecule has 6 heteroatoms. The van der Waals surface area contributed by atoms with Crippen LogP contribution in [0.25, 0.3) is 44.4 Å². The zero-order valence-electron chi connectivity index (χ0n) is 28.4. The second-order valence-corrected chi connectivity index (χ2v) is 12.8. The Hall–Kier alpha value is -4.47. The minimum absolute atomic E-state index is 0. The van der Waals surface area contributed by atoms with Gasteiger partial charge in [-0.15, -0.1) is 35.7 Å². The maximum absolute atomic E-state index is 6.49. The summed E-state index contributed by atoms with van der Waals surface area (Å²) in [6.45, 7) is 13.3. The Bertz CT molecular complexity index is 2230. The number of aryl methyl sites for hydroxylation is 2. The van der Waals surface area contributed by atoms with Gasteiger partial charge in [0.25, 0.3) is 0 Å². The average molecular weight is 812 g/mol. The van der Waals surface area contributed by atoms with E-state index in [4.69, 9.17) is 14.8 Å². The summed E-state index contributed by atoms with van der Waals surface area (Å²) in [6.07, 6.45) is 4.61. The van der Waals surface area contributed by atoms with E-state index in [0.29, 0.717) is 11.5 Å². The summed E-state index contributed by atoms with van der Waals surface area (Å²) in [5, 5.41) is 7.36. The Labute approximate surface area is 297 Å². The molecule has 4 aromatic carbocycles. The van der Waals surface area contributed by atoms with Crippen molar-refractivity contribution >= 4 is 21.8 Å². The van der Waals surface area contributed by atoms with Gasteiger partial charge in [-0.2, -0.15) is 17.2 Å². The first-order valence-corrected chi connectivity index (χ1v) is 16.6. The summed E-state index contributed by atoms with van der Waals surface area (Å²) in [5.74, 6) is 2.09. The molecule has 7 aromatic rings.